The Morgan fingerprint density at radius 3 is 2.60 bits per heavy atom. The molecule has 0 saturated carbocycles. The zero-order valence-corrected chi connectivity index (χ0v) is 12.4. The second-order valence-corrected chi connectivity index (χ2v) is 5.44. The lowest BCUT2D eigenvalue weighted by Crippen LogP contribution is -2.50. The molecule has 0 aromatic rings. The molecule has 2 atom stereocenters. The molecule has 0 aliphatic carbocycles. The Morgan fingerprint density at radius 1 is 1.35 bits per heavy atom. The predicted molar refractivity (Wildman–Crippen MR) is 75.5 cm³/mol. The van der Waals surface area contributed by atoms with Gasteiger partial charge in [0.05, 0.1) is 18.6 Å². The highest BCUT2D eigenvalue weighted by atomic mass is 16.4. The van der Waals surface area contributed by atoms with E-state index in [9.17, 15) is 14.7 Å². The van der Waals surface area contributed by atoms with E-state index in [4.69, 9.17) is 5.11 Å². The van der Waals surface area contributed by atoms with Crippen LogP contribution in [0.15, 0.2) is 0 Å². The molecule has 1 aliphatic rings. The first-order valence-corrected chi connectivity index (χ1v) is 7.40. The number of aliphatic carboxylic acids is 1. The van der Waals surface area contributed by atoms with E-state index < -0.39 is 11.9 Å². The van der Waals surface area contributed by atoms with E-state index >= 15 is 0 Å². The molecule has 0 radical (unpaired) electrons. The summed E-state index contributed by atoms with van der Waals surface area (Å²) in [5.41, 5.74) is 0. The van der Waals surface area contributed by atoms with Crippen molar-refractivity contribution in [2.45, 2.75) is 45.6 Å². The van der Waals surface area contributed by atoms with Gasteiger partial charge in [-0.25, -0.2) is 4.79 Å². The van der Waals surface area contributed by atoms with Crippen LogP contribution in [0.5, 0.6) is 0 Å². The molecular formula is C14H26N2O4. The highest BCUT2D eigenvalue weighted by Crippen LogP contribution is 2.18. The molecule has 6 heteroatoms. The van der Waals surface area contributed by atoms with Crippen molar-refractivity contribution >= 4 is 12.0 Å². The number of aliphatic hydroxyl groups excluding tert-OH is 1. The Balaban J connectivity index is 2.74. The van der Waals surface area contributed by atoms with Crippen molar-refractivity contribution in [3.63, 3.8) is 0 Å². The smallest absolute Gasteiger partial charge is 0.320 e. The van der Waals surface area contributed by atoms with Gasteiger partial charge in [-0.1, -0.05) is 19.8 Å². The number of likely N-dealkylation sites (tertiary alicyclic amines) is 1. The van der Waals surface area contributed by atoms with Crippen LogP contribution in [-0.2, 0) is 4.79 Å². The van der Waals surface area contributed by atoms with Crippen LogP contribution in [0.2, 0.25) is 0 Å². The van der Waals surface area contributed by atoms with Crippen LogP contribution in [0.3, 0.4) is 0 Å². The largest absolute Gasteiger partial charge is 0.481 e. The number of carboxylic acid groups (broad SMARTS) is 1. The minimum atomic E-state index is -0.897. The van der Waals surface area contributed by atoms with Gasteiger partial charge in [0.2, 0.25) is 0 Å². The third kappa shape index (κ3) is 4.37. The minimum absolute atomic E-state index is 0.0300. The molecule has 6 nitrogen and oxygen atoms in total. The molecule has 1 rings (SSSR count). The first-order chi connectivity index (χ1) is 9.51. The fourth-order valence-electron chi connectivity index (χ4n) is 2.55. The average Bonchev–Trinajstić information content (AvgIpc) is 2.68. The minimum Gasteiger partial charge on any atom is -0.481 e. The zero-order valence-electron chi connectivity index (χ0n) is 12.4. The van der Waals surface area contributed by atoms with Gasteiger partial charge in [-0.05, 0) is 19.8 Å². The molecule has 1 saturated heterocycles. The van der Waals surface area contributed by atoms with Crippen molar-refractivity contribution < 1.29 is 19.8 Å². The van der Waals surface area contributed by atoms with Gasteiger partial charge in [0, 0.05) is 19.6 Å². The number of carboxylic acids is 1. The molecule has 0 bridgehead atoms. The number of urea groups is 1. The third-order valence-electron chi connectivity index (χ3n) is 3.90. The number of nitrogens with zero attached hydrogens (tertiary/aromatic N) is 2. The van der Waals surface area contributed by atoms with E-state index in [1.807, 2.05) is 6.92 Å². The number of rotatable bonds is 5. The summed E-state index contributed by atoms with van der Waals surface area (Å²) in [5, 5.41) is 18.4. The SMILES string of the molecule is CCN(CC(C)C(=O)O)C(=O)N1CCCCCC1CO. The van der Waals surface area contributed by atoms with E-state index in [0.29, 0.717) is 13.1 Å². The summed E-state index contributed by atoms with van der Waals surface area (Å²) >= 11 is 0. The lowest BCUT2D eigenvalue weighted by atomic mass is 10.1. The third-order valence-corrected chi connectivity index (χ3v) is 3.90. The number of amides is 2. The summed E-state index contributed by atoms with van der Waals surface area (Å²) in [6.45, 7) is 4.74. The molecule has 2 amide bonds. The number of carbonyl (C=O) groups excluding carboxylic acids is 1. The van der Waals surface area contributed by atoms with Crippen LogP contribution in [0.1, 0.15) is 39.5 Å². The summed E-state index contributed by atoms with van der Waals surface area (Å²) in [6, 6.07) is -0.291. The molecule has 20 heavy (non-hydrogen) atoms. The van der Waals surface area contributed by atoms with Crippen LogP contribution in [0, 0.1) is 5.92 Å². The Hall–Kier alpha value is -1.30. The average molecular weight is 286 g/mol. The first-order valence-electron chi connectivity index (χ1n) is 7.40. The molecule has 0 aromatic heterocycles. The van der Waals surface area contributed by atoms with Crippen LogP contribution in [0.4, 0.5) is 4.79 Å². The van der Waals surface area contributed by atoms with Crippen molar-refractivity contribution in [3.8, 4) is 0 Å². The fourth-order valence-corrected chi connectivity index (χ4v) is 2.55. The lowest BCUT2D eigenvalue weighted by molar-refractivity contribution is -0.141. The lowest BCUT2D eigenvalue weighted by Gasteiger charge is -2.34. The summed E-state index contributed by atoms with van der Waals surface area (Å²) in [4.78, 5) is 26.8. The molecule has 2 unspecified atom stereocenters. The van der Waals surface area contributed by atoms with E-state index in [1.165, 1.54) is 0 Å². The van der Waals surface area contributed by atoms with E-state index in [0.717, 1.165) is 25.7 Å². The Labute approximate surface area is 120 Å². The first kappa shape index (κ1) is 16.8. The maximum atomic E-state index is 12.6. The van der Waals surface area contributed by atoms with Crippen LogP contribution >= 0.6 is 0 Å². The fraction of sp³-hybridized carbons (Fsp3) is 0.857. The maximum Gasteiger partial charge on any atom is 0.320 e. The summed E-state index contributed by atoms with van der Waals surface area (Å²) in [5.74, 6) is -1.48. The molecule has 1 fully saturated rings. The molecule has 0 spiro atoms. The normalized spacial score (nSPS) is 21.1. The molecular weight excluding hydrogens is 260 g/mol. The van der Waals surface area contributed by atoms with Crippen LogP contribution < -0.4 is 0 Å². The van der Waals surface area contributed by atoms with Gasteiger partial charge in [-0.3, -0.25) is 4.79 Å². The second-order valence-electron chi connectivity index (χ2n) is 5.44. The van der Waals surface area contributed by atoms with Gasteiger partial charge in [0.25, 0.3) is 0 Å². The van der Waals surface area contributed by atoms with Crippen LogP contribution in [0.25, 0.3) is 0 Å². The molecule has 1 aliphatic heterocycles. The van der Waals surface area contributed by atoms with Crippen molar-refractivity contribution in [1.82, 2.24) is 9.80 Å². The highest BCUT2D eigenvalue weighted by Gasteiger charge is 2.29. The summed E-state index contributed by atoms with van der Waals surface area (Å²) in [6.07, 6.45) is 3.84. The summed E-state index contributed by atoms with van der Waals surface area (Å²) in [7, 11) is 0. The second kappa shape index (κ2) is 8.09. The molecule has 2 N–H and O–H groups in total. The Morgan fingerprint density at radius 2 is 2.05 bits per heavy atom. The van der Waals surface area contributed by atoms with Crippen molar-refractivity contribution in [2.75, 3.05) is 26.2 Å². The quantitative estimate of drug-likeness (QED) is 0.800. The summed E-state index contributed by atoms with van der Waals surface area (Å²) < 4.78 is 0. The number of hydrogen-bond acceptors (Lipinski definition) is 3. The standard InChI is InChI=1S/C14H26N2O4/c1-3-15(9-11(2)13(18)19)14(20)16-8-6-4-5-7-12(16)10-17/h11-12,17H,3-10H2,1-2H3,(H,18,19). The van der Waals surface area contributed by atoms with E-state index in [-0.39, 0.29) is 25.2 Å². The topological polar surface area (TPSA) is 81.1 Å². The monoisotopic (exact) mass is 286 g/mol. The van der Waals surface area contributed by atoms with Gasteiger partial charge in [0.1, 0.15) is 0 Å². The number of aliphatic hydroxyl groups is 1. The van der Waals surface area contributed by atoms with Crippen molar-refractivity contribution in [2.24, 2.45) is 5.92 Å². The van der Waals surface area contributed by atoms with Gasteiger partial charge in [-0.2, -0.15) is 0 Å². The number of carbonyl (C=O) groups is 2. The zero-order chi connectivity index (χ0) is 15.1. The Bertz CT molecular complexity index is 335. The number of hydrogen-bond donors (Lipinski definition) is 2. The van der Waals surface area contributed by atoms with Crippen molar-refractivity contribution in [3.05, 3.63) is 0 Å². The van der Waals surface area contributed by atoms with E-state index in [1.54, 1.807) is 16.7 Å². The highest BCUT2D eigenvalue weighted by molar-refractivity contribution is 5.76. The van der Waals surface area contributed by atoms with Gasteiger partial charge in [0.15, 0.2) is 0 Å². The van der Waals surface area contributed by atoms with E-state index in [2.05, 4.69) is 0 Å². The van der Waals surface area contributed by atoms with Crippen LogP contribution in [-0.4, -0.2) is 64.3 Å². The van der Waals surface area contributed by atoms with Gasteiger partial charge in [-0.15, -0.1) is 0 Å². The van der Waals surface area contributed by atoms with Crippen molar-refractivity contribution in [1.29, 1.82) is 0 Å². The molecule has 1 heterocycles. The Kier molecular flexibility index (Phi) is 6.78. The molecule has 0 aromatic carbocycles. The maximum absolute atomic E-state index is 12.6. The molecule has 116 valence electrons. The van der Waals surface area contributed by atoms with Gasteiger partial charge < -0.3 is 20.0 Å². The van der Waals surface area contributed by atoms with Gasteiger partial charge >= 0.3 is 12.0 Å². The predicted octanol–water partition coefficient (Wildman–Crippen LogP) is 1.39.